The molecular weight excluding hydrogens is 126 g/mol. The van der Waals surface area contributed by atoms with E-state index in [1.807, 2.05) is 17.7 Å². The first-order chi connectivity index (χ1) is 4.74. The molecule has 0 amide bonds. The Morgan fingerprint density at radius 3 is 2.70 bits per heavy atom. The molecule has 1 rings (SSSR count). The van der Waals surface area contributed by atoms with Gasteiger partial charge in [0.2, 0.25) is 0 Å². The van der Waals surface area contributed by atoms with E-state index in [2.05, 4.69) is 0 Å². The van der Waals surface area contributed by atoms with Gasteiger partial charge >= 0.3 is 68.0 Å². The number of halogens is 1. The van der Waals surface area contributed by atoms with E-state index in [4.69, 9.17) is 4.74 Å². The average molecular weight is 132 g/mol. The zero-order chi connectivity index (χ0) is 7.56. The topological polar surface area (TPSA) is 9.23 Å². The van der Waals surface area contributed by atoms with Gasteiger partial charge in [-0.05, 0) is 0 Å². The van der Waals surface area contributed by atoms with E-state index in [0.29, 0.717) is 0 Å². The van der Waals surface area contributed by atoms with Gasteiger partial charge in [-0.3, -0.25) is 0 Å². The first-order valence-electron chi connectivity index (χ1n) is 3.04. The van der Waals surface area contributed by atoms with Crippen LogP contribution in [0.2, 0.25) is 0 Å². The summed E-state index contributed by atoms with van der Waals surface area (Å²) in [6.45, 7) is 0. The molecule has 1 aromatic carbocycles. The van der Waals surface area contributed by atoms with Crippen molar-refractivity contribution in [1.82, 2.24) is 0 Å². The summed E-state index contributed by atoms with van der Waals surface area (Å²) in [6.07, 6.45) is 0. The second kappa shape index (κ2) is 3.09. The molecule has 1 nitrogen and oxygen atoms in total. The van der Waals surface area contributed by atoms with Gasteiger partial charge in [0.05, 0.1) is 0 Å². The van der Waals surface area contributed by atoms with Crippen molar-refractivity contribution in [3.8, 4) is 5.75 Å². The zero-order valence-electron chi connectivity index (χ0n) is 6.02. The Balaban J connectivity index is 3.07. The standard InChI is InChI=1S/C7H6FO.Li/c1-9-7-4-2-6(8)3-5-7;/h2-4H,1H3;. The van der Waals surface area contributed by atoms with Crippen molar-refractivity contribution in [2.24, 2.45) is 0 Å². The van der Waals surface area contributed by atoms with Crippen molar-refractivity contribution in [2.75, 3.05) is 7.11 Å². The number of benzene rings is 1. The summed E-state index contributed by atoms with van der Waals surface area (Å²) in [7, 11) is 1.57. The second-order valence-electron chi connectivity index (χ2n) is 2.11. The molecule has 0 bridgehead atoms. The molecule has 0 radical (unpaired) electrons. The predicted molar refractivity (Wildman–Crippen MR) is 38.3 cm³/mol. The molecule has 1 aromatic rings. The van der Waals surface area contributed by atoms with Crippen molar-refractivity contribution in [1.29, 1.82) is 0 Å². The molecule has 0 saturated carbocycles. The molecule has 10 heavy (non-hydrogen) atoms. The third-order valence-corrected chi connectivity index (χ3v) is 1.36. The molecule has 48 valence electrons. The normalized spacial score (nSPS) is 9.60. The first kappa shape index (κ1) is 7.65. The fourth-order valence-electron chi connectivity index (χ4n) is 0.842. The van der Waals surface area contributed by atoms with Crippen molar-refractivity contribution in [3.63, 3.8) is 0 Å². The minimum absolute atomic E-state index is 0.224. The van der Waals surface area contributed by atoms with Gasteiger partial charge in [-0.25, -0.2) is 0 Å². The summed E-state index contributed by atoms with van der Waals surface area (Å²) < 4.78 is 18.2. The third-order valence-electron chi connectivity index (χ3n) is 1.36. The van der Waals surface area contributed by atoms with Crippen LogP contribution >= 0.6 is 0 Å². The summed E-state index contributed by atoms with van der Waals surface area (Å²) in [4.78, 5) is 0. The Hall–Kier alpha value is -0.453. The maximum absolute atomic E-state index is 12.4. The van der Waals surface area contributed by atoms with Crippen molar-refractivity contribution >= 4 is 22.0 Å². The van der Waals surface area contributed by atoms with Crippen LogP contribution < -0.4 is 8.97 Å². The number of rotatable bonds is 1. The van der Waals surface area contributed by atoms with Gasteiger partial charge in [0.15, 0.2) is 0 Å². The number of methoxy groups -OCH3 is 1. The quantitative estimate of drug-likeness (QED) is 0.509. The Morgan fingerprint density at radius 2 is 2.20 bits per heavy atom. The molecule has 0 spiro atoms. The van der Waals surface area contributed by atoms with Crippen LogP contribution in [0.4, 0.5) is 4.39 Å². The molecule has 0 aliphatic carbocycles. The maximum atomic E-state index is 12.4. The monoisotopic (exact) mass is 132 g/mol. The summed E-state index contributed by atoms with van der Waals surface area (Å²) in [5.74, 6) is 0.500. The van der Waals surface area contributed by atoms with Crippen LogP contribution in [0.1, 0.15) is 0 Å². The van der Waals surface area contributed by atoms with E-state index in [9.17, 15) is 4.39 Å². The molecule has 0 aliphatic rings. The van der Waals surface area contributed by atoms with E-state index in [0.717, 1.165) is 9.99 Å². The molecule has 0 N–H and O–H groups in total. The summed E-state index contributed by atoms with van der Waals surface area (Å²) in [5.41, 5.74) is 0. The Kier molecular flexibility index (Phi) is 2.37. The van der Waals surface area contributed by atoms with E-state index in [-0.39, 0.29) is 5.82 Å². The van der Waals surface area contributed by atoms with Gasteiger partial charge in [0, 0.05) is 0 Å². The van der Waals surface area contributed by atoms with Crippen molar-refractivity contribution in [2.45, 2.75) is 0 Å². The van der Waals surface area contributed by atoms with Crippen molar-refractivity contribution in [3.05, 3.63) is 24.0 Å². The van der Waals surface area contributed by atoms with Crippen LogP contribution in [0.5, 0.6) is 5.75 Å². The summed E-state index contributed by atoms with van der Waals surface area (Å²) in [6, 6.07) is 4.44. The molecule has 0 unspecified atom stereocenters. The Morgan fingerprint density at radius 1 is 1.50 bits per heavy atom. The molecule has 0 atom stereocenters. The van der Waals surface area contributed by atoms with Crippen LogP contribution in [0.15, 0.2) is 18.2 Å². The Labute approximate surface area is 68.4 Å². The minimum atomic E-state index is -0.224. The molecule has 0 fully saturated rings. The molecule has 3 heteroatoms. The van der Waals surface area contributed by atoms with Crippen LogP contribution in [0.25, 0.3) is 0 Å². The van der Waals surface area contributed by atoms with Crippen LogP contribution in [-0.4, -0.2) is 24.8 Å². The second-order valence-corrected chi connectivity index (χ2v) is 2.11. The fourth-order valence-corrected chi connectivity index (χ4v) is 0.842. The third kappa shape index (κ3) is 1.53. The van der Waals surface area contributed by atoms with Gasteiger partial charge in [0.1, 0.15) is 0 Å². The summed E-state index contributed by atoms with van der Waals surface area (Å²) >= 11 is 1.81. The van der Waals surface area contributed by atoms with Crippen LogP contribution in [0, 0.1) is 5.82 Å². The van der Waals surface area contributed by atoms with Gasteiger partial charge in [-0.15, -0.1) is 0 Å². The Bertz CT molecular complexity index is 237. The number of hydrogen-bond donors (Lipinski definition) is 0. The van der Waals surface area contributed by atoms with E-state index >= 15 is 0 Å². The first-order valence-corrected chi connectivity index (χ1v) is 3.04. The average Bonchev–Trinajstić information content (AvgIpc) is 1.88. The van der Waals surface area contributed by atoms with E-state index in [1.165, 1.54) is 12.1 Å². The van der Waals surface area contributed by atoms with Gasteiger partial charge < -0.3 is 0 Å². The molecule has 0 aliphatic heterocycles. The van der Waals surface area contributed by atoms with Crippen molar-refractivity contribution < 1.29 is 9.13 Å². The van der Waals surface area contributed by atoms with Crippen LogP contribution in [0.3, 0.4) is 0 Å². The molecular formula is C7H6FLiO. The molecule has 0 saturated heterocycles. The van der Waals surface area contributed by atoms with Gasteiger partial charge in [0.25, 0.3) is 0 Å². The number of ether oxygens (including phenoxy) is 1. The SMILES string of the molecule is [Li][c]1cc(F)ccc1OC. The van der Waals surface area contributed by atoms with Crippen LogP contribution in [-0.2, 0) is 0 Å². The predicted octanol–water partition coefficient (Wildman–Crippen LogP) is 0.628. The summed E-state index contributed by atoms with van der Waals surface area (Å²) in [5, 5.41) is 0. The van der Waals surface area contributed by atoms with Gasteiger partial charge in [-0.2, -0.15) is 0 Å². The molecule has 0 aromatic heterocycles. The van der Waals surface area contributed by atoms with Gasteiger partial charge in [-0.1, -0.05) is 0 Å². The number of hydrogen-bond acceptors (Lipinski definition) is 1. The molecule has 0 heterocycles. The fraction of sp³-hybridized carbons (Fsp3) is 0.143. The van der Waals surface area contributed by atoms with E-state index < -0.39 is 0 Å². The zero-order valence-corrected chi connectivity index (χ0v) is 6.02. The van der Waals surface area contributed by atoms with E-state index in [1.54, 1.807) is 13.2 Å².